The molecule has 0 saturated heterocycles. The van der Waals surface area contributed by atoms with Crippen LogP contribution in [0, 0.1) is 5.82 Å². The van der Waals surface area contributed by atoms with Gasteiger partial charge in [0.1, 0.15) is 11.6 Å². The molecule has 0 heterocycles. The highest BCUT2D eigenvalue weighted by Crippen LogP contribution is 2.40. The third-order valence-corrected chi connectivity index (χ3v) is 5.64. The number of rotatable bonds is 3. The molecule has 0 aromatic heterocycles. The largest absolute Gasteiger partial charge is 0.496 e. The second-order valence-electron chi connectivity index (χ2n) is 4.04. The van der Waals surface area contributed by atoms with Crippen LogP contribution in [0.1, 0.15) is 16.0 Å². The van der Waals surface area contributed by atoms with E-state index in [1.54, 1.807) is 6.07 Å². The maximum Gasteiger partial charge on any atom is 0.141 e. The van der Waals surface area contributed by atoms with E-state index in [0.717, 1.165) is 15.6 Å². The van der Waals surface area contributed by atoms with Crippen molar-refractivity contribution in [2.75, 3.05) is 7.11 Å². The van der Waals surface area contributed by atoms with E-state index in [0.29, 0.717) is 15.2 Å². The van der Waals surface area contributed by atoms with Crippen LogP contribution >= 0.6 is 59.4 Å². The van der Waals surface area contributed by atoms with Crippen LogP contribution in [-0.2, 0) is 0 Å². The zero-order valence-electron chi connectivity index (χ0n) is 10.3. The molecule has 1 unspecified atom stereocenters. The lowest BCUT2D eigenvalue weighted by molar-refractivity contribution is 0.406. The average molecular weight is 487 g/mol. The van der Waals surface area contributed by atoms with E-state index in [2.05, 4.69) is 47.8 Å². The van der Waals surface area contributed by atoms with E-state index in [4.69, 9.17) is 16.3 Å². The number of hydrogen-bond donors (Lipinski definition) is 0. The van der Waals surface area contributed by atoms with Crippen molar-refractivity contribution in [1.82, 2.24) is 0 Å². The minimum atomic E-state index is -0.362. The predicted molar refractivity (Wildman–Crippen MR) is 90.6 cm³/mol. The Morgan fingerprint density at radius 3 is 2.45 bits per heavy atom. The van der Waals surface area contributed by atoms with Gasteiger partial charge in [0.05, 0.1) is 21.4 Å². The van der Waals surface area contributed by atoms with Crippen LogP contribution in [0.5, 0.6) is 5.75 Å². The van der Waals surface area contributed by atoms with Crippen molar-refractivity contribution in [2.24, 2.45) is 0 Å². The minimum Gasteiger partial charge on any atom is -0.496 e. The molecule has 2 rings (SSSR count). The van der Waals surface area contributed by atoms with E-state index >= 15 is 0 Å². The van der Waals surface area contributed by atoms with Gasteiger partial charge in [-0.2, -0.15) is 0 Å². The fourth-order valence-corrected chi connectivity index (χ4v) is 3.21. The molecule has 0 bridgehead atoms. The highest BCUT2D eigenvalue weighted by Gasteiger charge is 2.18. The first-order valence-electron chi connectivity index (χ1n) is 5.56. The molecule has 1 atom stereocenters. The van der Waals surface area contributed by atoms with Crippen molar-refractivity contribution < 1.29 is 9.13 Å². The molecular formula is C14H9Br3ClFO. The lowest BCUT2D eigenvalue weighted by Crippen LogP contribution is -1.99. The fraction of sp³-hybridized carbons (Fsp3) is 0.143. The van der Waals surface area contributed by atoms with Crippen molar-refractivity contribution in [3.63, 3.8) is 0 Å². The summed E-state index contributed by atoms with van der Waals surface area (Å²) in [4.78, 5) is -0.153. The van der Waals surface area contributed by atoms with Crippen molar-refractivity contribution >= 4 is 59.4 Å². The molecule has 0 aliphatic rings. The zero-order valence-corrected chi connectivity index (χ0v) is 15.8. The van der Waals surface area contributed by atoms with E-state index in [1.165, 1.54) is 13.2 Å². The van der Waals surface area contributed by atoms with Crippen LogP contribution in [-0.4, -0.2) is 7.11 Å². The summed E-state index contributed by atoms with van der Waals surface area (Å²) in [5.41, 5.74) is 1.77. The molecule has 1 nitrogen and oxygen atoms in total. The summed E-state index contributed by atoms with van der Waals surface area (Å²) in [5.74, 6) is 0.116. The van der Waals surface area contributed by atoms with Gasteiger partial charge in [0.2, 0.25) is 0 Å². The number of benzene rings is 2. The molecule has 0 N–H and O–H groups in total. The maximum absolute atomic E-state index is 13.6. The minimum absolute atomic E-state index is 0.153. The monoisotopic (exact) mass is 484 g/mol. The molecule has 0 aliphatic carbocycles. The van der Waals surface area contributed by atoms with Crippen LogP contribution in [0.25, 0.3) is 0 Å². The lowest BCUT2D eigenvalue weighted by Gasteiger charge is -2.16. The van der Waals surface area contributed by atoms with Gasteiger partial charge in [0.25, 0.3) is 0 Å². The highest BCUT2D eigenvalue weighted by atomic mass is 79.9. The zero-order chi connectivity index (χ0) is 14.9. The Bertz CT molecular complexity index is 649. The molecule has 0 fully saturated rings. The molecule has 0 radical (unpaired) electrons. The van der Waals surface area contributed by atoms with Crippen LogP contribution in [0.4, 0.5) is 4.39 Å². The first kappa shape index (κ1) is 16.3. The van der Waals surface area contributed by atoms with Gasteiger partial charge in [-0.25, -0.2) is 4.39 Å². The summed E-state index contributed by atoms with van der Waals surface area (Å²) in [6, 6.07) is 8.71. The van der Waals surface area contributed by atoms with Gasteiger partial charge in [0, 0.05) is 16.1 Å². The van der Waals surface area contributed by atoms with Gasteiger partial charge in [-0.1, -0.05) is 33.6 Å². The molecule has 6 heteroatoms. The van der Waals surface area contributed by atoms with E-state index < -0.39 is 0 Å². The second kappa shape index (κ2) is 6.77. The summed E-state index contributed by atoms with van der Waals surface area (Å²) in [7, 11) is 1.51. The smallest absolute Gasteiger partial charge is 0.141 e. The van der Waals surface area contributed by atoms with Crippen LogP contribution in [0.15, 0.2) is 39.3 Å². The van der Waals surface area contributed by atoms with Crippen LogP contribution in [0.3, 0.4) is 0 Å². The quantitative estimate of drug-likeness (QED) is 0.450. The predicted octanol–water partition coefficient (Wildman–Crippen LogP) is 6.50. The van der Waals surface area contributed by atoms with Gasteiger partial charge in [-0.15, -0.1) is 0 Å². The molecule has 2 aromatic rings. The number of alkyl halides is 1. The van der Waals surface area contributed by atoms with Crippen molar-refractivity contribution in [1.29, 1.82) is 0 Å². The molecular weight excluding hydrogens is 478 g/mol. The Morgan fingerprint density at radius 1 is 1.15 bits per heavy atom. The Morgan fingerprint density at radius 2 is 1.85 bits per heavy atom. The molecule has 0 spiro atoms. The Hall–Kier alpha value is -0.100. The van der Waals surface area contributed by atoms with Crippen LogP contribution < -0.4 is 4.74 Å². The van der Waals surface area contributed by atoms with Gasteiger partial charge in [-0.05, 0) is 55.6 Å². The molecule has 106 valence electrons. The fourth-order valence-electron chi connectivity index (χ4n) is 1.77. The molecule has 0 amide bonds. The number of ether oxygens (including phenoxy) is 1. The van der Waals surface area contributed by atoms with Gasteiger partial charge in [-0.3, -0.25) is 0 Å². The van der Waals surface area contributed by atoms with Crippen molar-refractivity contribution in [3.05, 3.63) is 61.2 Å². The van der Waals surface area contributed by atoms with Gasteiger partial charge >= 0.3 is 0 Å². The topological polar surface area (TPSA) is 9.23 Å². The Kier molecular flexibility index (Phi) is 5.51. The van der Waals surface area contributed by atoms with Gasteiger partial charge in [0.15, 0.2) is 0 Å². The van der Waals surface area contributed by atoms with E-state index in [-0.39, 0.29) is 10.6 Å². The molecule has 0 saturated carbocycles. The summed E-state index contributed by atoms with van der Waals surface area (Å²) in [6.45, 7) is 0. The normalized spacial score (nSPS) is 12.3. The van der Waals surface area contributed by atoms with E-state index in [9.17, 15) is 4.39 Å². The summed E-state index contributed by atoms with van der Waals surface area (Å²) in [6.07, 6.45) is 0. The standard InChI is InChI=1S/C14H9Br3ClFO/c1-20-13-6-12(19)10(16)5-8(13)14(17)7-2-3-9(15)11(18)4-7/h2-6,14H,1H3. The first-order chi connectivity index (χ1) is 9.43. The summed E-state index contributed by atoms with van der Waals surface area (Å²) < 4.78 is 20.0. The Balaban J connectivity index is 2.49. The average Bonchev–Trinajstić information content (AvgIpc) is 2.43. The summed E-state index contributed by atoms with van der Waals surface area (Å²) in [5, 5.41) is 0.618. The number of hydrogen-bond acceptors (Lipinski definition) is 1. The van der Waals surface area contributed by atoms with E-state index in [1.807, 2.05) is 18.2 Å². The molecule has 2 aromatic carbocycles. The number of methoxy groups -OCH3 is 1. The molecule has 0 aliphatic heterocycles. The first-order valence-corrected chi connectivity index (χ1v) is 8.44. The third-order valence-electron chi connectivity index (χ3n) is 2.78. The second-order valence-corrected chi connectivity index (χ2v) is 7.08. The SMILES string of the molecule is COc1cc(F)c(Br)cc1C(Br)c1ccc(Br)c(Cl)c1. The number of halogens is 5. The van der Waals surface area contributed by atoms with Crippen molar-refractivity contribution in [2.45, 2.75) is 4.83 Å². The highest BCUT2D eigenvalue weighted by molar-refractivity contribution is 9.11. The third kappa shape index (κ3) is 3.38. The van der Waals surface area contributed by atoms with Crippen LogP contribution in [0.2, 0.25) is 5.02 Å². The van der Waals surface area contributed by atoms with Crippen molar-refractivity contribution in [3.8, 4) is 5.75 Å². The summed E-state index contributed by atoms with van der Waals surface area (Å²) >= 11 is 16.3. The lowest BCUT2D eigenvalue weighted by atomic mass is 10.0. The maximum atomic E-state index is 13.6. The van der Waals surface area contributed by atoms with Gasteiger partial charge < -0.3 is 4.74 Å². The molecule has 20 heavy (non-hydrogen) atoms. The Labute approximate surface area is 146 Å².